The maximum absolute atomic E-state index is 13.2. The van der Waals surface area contributed by atoms with Gasteiger partial charge in [0.15, 0.2) is 17.0 Å². The first-order valence-electron chi connectivity index (χ1n) is 16.3. The van der Waals surface area contributed by atoms with E-state index in [1.54, 1.807) is 7.11 Å². The van der Waals surface area contributed by atoms with Gasteiger partial charge in [0.2, 0.25) is 12.2 Å². The summed E-state index contributed by atoms with van der Waals surface area (Å²) in [5, 5.41) is 3.14. The molecule has 0 aliphatic rings. The number of imidazole rings is 1. The van der Waals surface area contributed by atoms with Gasteiger partial charge in [-0.1, -0.05) is 114 Å². The molecule has 0 aliphatic carbocycles. The smallest absolute Gasteiger partial charge is 0.249 e. The second kappa shape index (κ2) is 19.9. The van der Waals surface area contributed by atoms with Crippen molar-refractivity contribution in [3.8, 4) is 11.5 Å². The molecule has 0 fully saturated rings. The molecule has 0 atom stereocenters. The zero-order valence-electron chi connectivity index (χ0n) is 26.6. The van der Waals surface area contributed by atoms with Gasteiger partial charge in [0.25, 0.3) is 0 Å². The Labute approximate surface area is 274 Å². The zero-order chi connectivity index (χ0) is 30.1. The number of unbranched alkanes of at least 4 members (excludes halogenated alkanes) is 11. The lowest BCUT2D eigenvalue weighted by Crippen LogP contribution is -3.00. The normalized spacial score (nSPS) is 10.9. The van der Waals surface area contributed by atoms with Crippen LogP contribution in [-0.2, 0) is 17.8 Å². The van der Waals surface area contributed by atoms with Crippen LogP contribution in [-0.4, -0.2) is 24.0 Å². The number of ether oxygens (including phenoxy) is 2. The summed E-state index contributed by atoms with van der Waals surface area (Å²) >= 11 is 0. The SMILES string of the molecule is CCCCCCCCCCCCCCOc1c(CC(=O)Nc2ccccc2C[n+]2cc3ccccn3c2)cccc1OC.[Br-]. The number of para-hydroxylation sites is 2. The average Bonchev–Trinajstić information content (AvgIpc) is 3.43. The van der Waals surface area contributed by atoms with Crippen LogP contribution in [0, 0.1) is 0 Å². The summed E-state index contributed by atoms with van der Waals surface area (Å²) in [7, 11) is 1.65. The Kier molecular flexibility index (Phi) is 15.9. The Morgan fingerprint density at radius 2 is 1.45 bits per heavy atom. The van der Waals surface area contributed by atoms with Crippen molar-refractivity contribution in [1.82, 2.24) is 4.40 Å². The second-order valence-corrected chi connectivity index (χ2v) is 11.5. The first-order valence-corrected chi connectivity index (χ1v) is 16.3. The number of halogens is 1. The van der Waals surface area contributed by atoms with Crippen molar-refractivity contribution in [3.05, 3.63) is 90.5 Å². The maximum atomic E-state index is 13.2. The van der Waals surface area contributed by atoms with Crippen molar-refractivity contribution in [2.24, 2.45) is 0 Å². The molecule has 0 bridgehead atoms. The van der Waals surface area contributed by atoms with Gasteiger partial charge in [-0.2, -0.15) is 0 Å². The second-order valence-electron chi connectivity index (χ2n) is 11.5. The Morgan fingerprint density at radius 3 is 2.16 bits per heavy atom. The highest BCUT2D eigenvalue weighted by Crippen LogP contribution is 2.32. The fourth-order valence-corrected chi connectivity index (χ4v) is 5.62. The minimum absolute atomic E-state index is 0. The van der Waals surface area contributed by atoms with Crippen LogP contribution in [0.15, 0.2) is 79.4 Å². The quantitative estimate of drug-likeness (QED) is 0.0997. The van der Waals surface area contributed by atoms with E-state index in [4.69, 9.17) is 9.47 Å². The van der Waals surface area contributed by atoms with E-state index < -0.39 is 0 Å². The summed E-state index contributed by atoms with van der Waals surface area (Å²) < 4.78 is 16.0. The van der Waals surface area contributed by atoms with Crippen molar-refractivity contribution in [2.45, 2.75) is 96.9 Å². The molecule has 4 aromatic rings. The predicted octanol–water partition coefficient (Wildman–Crippen LogP) is 5.55. The molecule has 0 aliphatic heterocycles. The van der Waals surface area contributed by atoms with Crippen molar-refractivity contribution >= 4 is 17.1 Å². The third-order valence-electron chi connectivity index (χ3n) is 8.01. The number of amides is 1. The number of aromatic nitrogens is 2. The van der Waals surface area contributed by atoms with E-state index >= 15 is 0 Å². The molecule has 44 heavy (non-hydrogen) atoms. The number of anilines is 1. The number of carbonyl (C=O) groups excluding carboxylic acids is 1. The Hall–Kier alpha value is -3.32. The first-order chi connectivity index (χ1) is 21.2. The molecule has 2 aromatic heterocycles. The Bertz CT molecular complexity index is 1370. The van der Waals surface area contributed by atoms with Gasteiger partial charge in [0.05, 0.1) is 26.3 Å². The number of nitrogens with zero attached hydrogens (tertiary/aromatic N) is 2. The lowest BCUT2D eigenvalue weighted by molar-refractivity contribution is -0.686. The first kappa shape index (κ1) is 35.2. The largest absolute Gasteiger partial charge is 1.00 e. The summed E-state index contributed by atoms with van der Waals surface area (Å²) in [5.41, 5.74) is 3.82. The van der Waals surface area contributed by atoms with Gasteiger partial charge in [0.1, 0.15) is 12.7 Å². The molecule has 6 nitrogen and oxygen atoms in total. The lowest BCUT2D eigenvalue weighted by Gasteiger charge is -2.16. The van der Waals surface area contributed by atoms with E-state index in [0.29, 0.717) is 24.7 Å². The fraction of sp³-hybridized carbons (Fsp3) is 0.459. The number of benzene rings is 2. The summed E-state index contributed by atoms with van der Waals surface area (Å²) in [4.78, 5) is 13.2. The highest BCUT2D eigenvalue weighted by atomic mass is 79.9. The topological polar surface area (TPSA) is 55.9 Å². The Balaban J connectivity index is 0.00000529. The van der Waals surface area contributed by atoms with Crippen LogP contribution in [0.3, 0.4) is 0 Å². The van der Waals surface area contributed by atoms with Crippen LogP contribution >= 0.6 is 0 Å². The van der Waals surface area contributed by atoms with Gasteiger partial charge in [-0.3, -0.25) is 4.79 Å². The van der Waals surface area contributed by atoms with Crippen molar-refractivity contribution in [1.29, 1.82) is 0 Å². The van der Waals surface area contributed by atoms with Crippen LogP contribution in [0.5, 0.6) is 11.5 Å². The summed E-state index contributed by atoms with van der Waals surface area (Å²) in [5.74, 6) is 1.26. The van der Waals surface area contributed by atoms with E-state index in [0.717, 1.165) is 35.2 Å². The minimum atomic E-state index is -0.0806. The summed E-state index contributed by atoms with van der Waals surface area (Å²) in [6.45, 7) is 3.55. The van der Waals surface area contributed by atoms with E-state index in [9.17, 15) is 4.79 Å². The number of rotatable bonds is 20. The molecular weight excluding hydrogens is 614 g/mol. The third kappa shape index (κ3) is 11.3. The van der Waals surface area contributed by atoms with Crippen molar-refractivity contribution in [3.63, 3.8) is 0 Å². The summed E-state index contributed by atoms with van der Waals surface area (Å²) in [6, 6.07) is 19.9. The monoisotopic (exact) mass is 663 g/mol. The third-order valence-corrected chi connectivity index (χ3v) is 8.01. The molecule has 0 unspecified atom stereocenters. The molecule has 238 valence electrons. The molecule has 4 rings (SSSR count). The molecule has 0 radical (unpaired) electrons. The number of nitrogens with one attached hydrogen (secondary N) is 1. The van der Waals surface area contributed by atoms with Crippen LogP contribution in [0.2, 0.25) is 0 Å². The highest BCUT2D eigenvalue weighted by molar-refractivity contribution is 5.93. The van der Waals surface area contributed by atoms with E-state index in [2.05, 4.69) is 45.9 Å². The molecule has 7 heteroatoms. The molecule has 0 spiro atoms. The molecule has 1 amide bonds. The standard InChI is InChI=1S/C37H49N3O3.BrH/c1-3-4-5-6-7-8-9-10-11-12-13-18-26-43-37-31(21-19-24-35(37)42-2)27-36(41)38-34-23-15-14-20-32(34)28-39-29-33-22-16-17-25-40(33)30-39;/h14-17,19-25,29-30H,3-13,18,26-28H2,1-2H3;1H. The summed E-state index contributed by atoms with van der Waals surface area (Å²) in [6.07, 6.45) is 22.1. The molecule has 1 N–H and O–H groups in total. The fourth-order valence-electron chi connectivity index (χ4n) is 5.62. The zero-order valence-corrected chi connectivity index (χ0v) is 28.2. The van der Waals surface area contributed by atoms with Gasteiger partial charge in [0, 0.05) is 16.8 Å². The van der Waals surface area contributed by atoms with Crippen LogP contribution in [0.25, 0.3) is 5.52 Å². The lowest BCUT2D eigenvalue weighted by atomic mass is 10.1. The number of pyridine rings is 1. The Morgan fingerprint density at radius 1 is 0.795 bits per heavy atom. The molecule has 2 heterocycles. The highest BCUT2D eigenvalue weighted by Gasteiger charge is 2.16. The van der Waals surface area contributed by atoms with Gasteiger partial charge in [-0.25, -0.2) is 8.97 Å². The van der Waals surface area contributed by atoms with E-state index in [1.807, 2.05) is 54.7 Å². The van der Waals surface area contributed by atoms with Crippen molar-refractivity contribution in [2.75, 3.05) is 19.0 Å². The molecule has 0 saturated carbocycles. The van der Waals surface area contributed by atoms with Gasteiger partial charge < -0.3 is 31.8 Å². The molecule has 0 saturated heterocycles. The van der Waals surface area contributed by atoms with Crippen LogP contribution in [0.4, 0.5) is 5.69 Å². The minimum Gasteiger partial charge on any atom is -1.00 e. The number of methoxy groups -OCH3 is 1. The molecule has 2 aromatic carbocycles. The van der Waals surface area contributed by atoms with Crippen molar-refractivity contribution < 1.29 is 35.8 Å². The van der Waals surface area contributed by atoms with Gasteiger partial charge in [-0.05, 0) is 30.7 Å². The van der Waals surface area contributed by atoms with Gasteiger partial charge in [-0.15, -0.1) is 0 Å². The van der Waals surface area contributed by atoms with E-state index in [1.165, 1.54) is 64.2 Å². The average molecular weight is 665 g/mol. The number of hydrogen-bond donors (Lipinski definition) is 1. The predicted molar refractivity (Wildman–Crippen MR) is 175 cm³/mol. The number of carbonyl (C=O) groups is 1. The molecular formula is C37H50BrN3O3. The van der Waals surface area contributed by atoms with Crippen LogP contribution < -0.4 is 36.3 Å². The number of hydrogen-bond acceptors (Lipinski definition) is 3. The van der Waals surface area contributed by atoms with E-state index in [-0.39, 0.29) is 29.3 Å². The van der Waals surface area contributed by atoms with Crippen LogP contribution in [0.1, 0.15) is 95.1 Å². The van der Waals surface area contributed by atoms with Gasteiger partial charge >= 0.3 is 0 Å². The number of fused-ring (bicyclic) bond motifs is 1. The maximum Gasteiger partial charge on any atom is 0.249 e.